The minimum atomic E-state index is -0.379. The molecule has 0 bridgehead atoms. The van der Waals surface area contributed by atoms with Gasteiger partial charge in [0.15, 0.2) is 11.5 Å². The molecule has 0 unspecified atom stereocenters. The molecule has 0 spiro atoms. The molecule has 2 aliphatic rings. The Morgan fingerprint density at radius 3 is 2.42 bits per heavy atom. The third-order valence-electron chi connectivity index (χ3n) is 8.40. The van der Waals surface area contributed by atoms with Crippen molar-refractivity contribution >= 4 is 23.3 Å². The number of carbonyl (C=O) groups is 2. The van der Waals surface area contributed by atoms with E-state index in [2.05, 4.69) is 20.5 Å². The number of piperazine rings is 1. The molecule has 1 atom stereocenters. The van der Waals surface area contributed by atoms with Crippen molar-refractivity contribution < 1.29 is 23.8 Å². The van der Waals surface area contributed by atoms with E-state index in [4.69, 9.17) is 14.2 Å². The average molecular weight is 616 g/mol. The van der Waals surface area contributed by atoms with Crippen LogP contribution < -0.4 is 35.2 Å². The van der Waals surface area contributed by atoms with Crippen molar-refractivity contribution in [2.75, 3.05) is 64.3 Å². The molecule has 0 saturated carbocycles. The molecule has 1 fully saturated rings. The van der Waals surface area contributed by atoms with Crippen LogP contribution in [0.15, 0.2) is 53.5 Å². The van der Waals surface area contributed by atoms with Crippen molar-refractivity contribution in [1.29, 1.82) is 0 Å². The molecule has 45 heavy (non-hydrogen) atoms. The molecule has 11 heteroatoms. The fourth-order valence-corrected chi connectivity index (χ4v) is 6.20. The normalized spacial score (nSPS) is 15.7. The van der Waals surface area contributed by atoms with Gasteiger partial charge in [0.05, 0.1) is 33.1 Å². The first-order valence-electron chi connectivity index (χ1n) is 15.3. The van der Waals surface area contributed by atoms with Crippen molar-refractivity contribution in [3.05, 3.63) is 70.0 Å². The second-order valence-electron chi connectivity index (χ2n) is 11.2. The molecule has 2 aromatic carbocycles. The molecule has 2 amide bonds. The molecule has 1 aliphatic carbocycles. The summed E-state index contributed by atoms with van der Waals surface area (Å²) in [7, 11) is 4.71. The zero-order valence-corrected chi connectivity index (χ0v) is 26.4. The minimum Gasteiger partial charge on any atom is -0.493 e. The Balaban J connectivity index is 1.32. The van der Waals surface area contributed by atoms with Gasteiger partial charge in [-0.3, -0.25) is 14.4 Å². The minimum absolute atomic E-state index is 0.108. The zero-order valence-electron chi connectivity index (χ0n) is 26.4. The van der Waals surface area contributed by atoms with Crippen LogP contribution in [0.2, 0.25) is 0 Å². The van der Waals surface area contributed by atoms with Gasteiger partial charge in [0.25, 0.3) is 0 Å². The van der Waals surface area contributed by atoms with Crippen molar-refractivity contribution in [2.24, 2.45) is 0 Å². The van der Waals surface area contributed by atoms with Crippen LogP contribution in [-0.4, -0.2) is 75.8 Å². The first-order valence-corrected chi connectivity index (χ1v) is 15.3. The Morgan fingerprint density at radius 2 is 1.76 bits per heavy atom. The molecule has 2 N–H and O–H groups in total. The highest BCUT2D eigenvalue weighted by molar-refractivity contribution is 5.84. The van der Waals surface area contributed by atoms with Crippen molar-refractivity contribution in [2.45, 2.75) is 38.6 Å². The predicted octanol–water partition coefficient (Wildman–Crippen LogP) is 3.80. The van der Waals surface area contributed by atoms with E-state index in [1.165, 1.54) is 6.92 Å². The third-order valence-corrected chi connectivity index (χ3v) is 8.40. The van der Waals surface area contributed by atoms with Gasteiger partial charge in [-0.2, -0.15) is 0 Å². The number of aryl methyl sites for hydroxylation is 1. The lowest BCUT2D eigenvalue weighted by atomic mass is 9.95. The highest BCUT2D eigenvalue weighted by Crippen LogP contribution is 2.50. The number of methoxy groups -OCH3 is 3. The molecule has 3 aromatic rings. The number of ether oxygens (including phenoxy) is 3. The molecule has 11 nitrogen and oxygen atoms in total. The van der Waals surface area contributed by atoms with Gasteiger partial charge < -0.3 is 34.6 Å². The van der Waals surface area contributed by atoms with Crippen LogP contribution in [0.5, 0.6) is 17.2 Å². The van der Waals surface area contributed by atoms with Crippen LogP contribution in [0.1, 0.15) is 43.4 Å². The fraction of sp³-hybridized carbons (Fsp3) is 0.412. The summed E-state index contributed by atoms with van der Waals surface area (Å²) in [6, 6.07) is 12.6. The van der Waals surface area contributed by atoms with Crippen LogP contribution in [0.3, 0.4) is 0 Å². The summed E-state index contributed by atoms with van der Waals surface area (Å²) in [6.07, 6.45) is 3.96. The molecular formula is C34H41N5O6. The number of fused-ring (bicyclic) bond motifs is 3. The molecule has 0 radical (unpaired) electrons. The molecule has 1 saturated heterocycles. The maximum Gasteiger partial charge on any atom is 0.222 e. The van der Waals surface area contributed by atoms with E-state index < -0.39 is 0 Å². The average Bonchev–Trinajstić information content (AvgIpc) is 3.30. The van der Waals surface area contributed by atoms with Gasteiger partial charge in [0, 0.05) is 57.8 Å². The number of aromatic nitrogens is 1. The SMILES string of the molecule is COc1cc2c(c(OC)c1OC)-c1ccc(NCCCC(=O)N3CCN(c4ccccn4)CC3)c(=O)cc1[C@@H](NC(C)=O)CC2. The lowest BCUT2D eigenvalue weighted by Crippen LogP contribution is -2.49. The monoisotopic (exact) mass is 615 g/mol. The van der Waals surface area contributed by atoms with Crippen LogP contribution in [0, 0.1) is 0 Å². The Morgan fingerprint density at radius 1 is 0.978 bits per heavy atom. The zero-order chi connectivity index (χ0) is 31.9. The number of benzene rings is 1. The highest BCUT2D eigenvalue weighted by Gasteiger charge is 2.29. The number of nitrogens with zero attached hydrogens (tertiary/aromatic N) is 3. The molecule has 1 aromatic heterocycles. The second kappa shape index (κ2) is 14.3. The number of anilines is 2. The third kappa shape index (κ3) is 6.97. The largest absolute Gasteiger partial charge is 0.493 e. The molecular weight excluding hydrogens is 574 g/mol. The van der Waals surface area contributed by atoms with Gasteiger partial charge in [-0.1, -0.05) is 12.1 Å². The topological polar surface area (TPSA) is 122 Å². The van der Waals surface area contributed by atoms with Gasteiger partial charge in [0.1, 0.15) is 5.82 Å². The number of hydrogen-bond donors (Lipinski definition) is 2. The van der Waals surface area contributed by atoms with Crippen molar-refractivity contribution in [1.82, 2.24) is 15.2 Å². The number of pyridine rings is 1. The van der Waals surface area contributed by atoms with Crippen LogP contribution in [0.4, 0.5) is 11.5 Å². The van der Waals surface area contributed by atoms with Gasteiger partial charge in [-0.05, 0) is 66.3 Å². The van der Waals surface area contributed by atoms with Crippen LogP contribution in [0.25, 0.3) is 11.1 Å². The molecule has 1 aliphatic heterocycles. The van der Waals surface area contributed by atoms with Crippen LogP contribution in [-0.2, 0) is 16.0 Å². The van der Waals surface area contributed by atoms with Gasteiger partial charge in [0.2, 0.25) is 23.0 Å². The van der Waals surface area contributed by atoms with Gasteiger partial charge in [-0.25, -0.2) is 4.98 Å². The Bertz CT molecular complexity index is 1590. The maximum absolute atomic E-state index is 13.5. The summed E-state index contributed by atoms with van der Waals surface area (Å²) < 4.78 is 17.1. The van der Waals surface area contributed by atoms with E-state index in [0.717, 1.165) is 35.6 Å². The van der Waals surface area contributed by atoms with E-state index in [0.29, 0.717) is 73.8 Å². The summed E-state index contributed by atoms with van der Waals surface area (Å²) in [4.78, 5) is 47.1. The van der Waals surface area contributed by atoms with Gasteiger partial charge >= 0.3 is 0 Å². The summed E-state index contributed by atoms with van der Waals surface area (Å²) in [5, 5.41) is 6.27. The lowest BCUT2D eigenvalue weighted by molar-refractivity contribution is -0.131. The number of amides is 2. The predicted molar refractivity (Wildman–Crippen MR) is 173 cm³/mol. The first-order chi connectivity index (χ1) is 21.8. The van der Waals surface area contributed by atoms with Gasteiger partial charge in [-0.15, -0.1) is 0 Å². The lowest BCUT2D eigenvalue weighted by Gasteiger charge is -2.35. The maximum atomic E-state index is 13.5. The Labute approximate surface area is 263 Å². The Hall–Kier alpha value is -4.80. The van der Waals surface area contributed by atoms with E-state index in [1.807, 2.05) is 35.2 Å². The van der Waals surface area contributed by atoms with E-state index in [9.17, 15) is 14.4 Å². The van der Waals surface area contributed by atoms with E-state index in [1.54, 1.807) is 39.7 Å². The summed E-state index contributed by atoms with van der Waals surface area (Å²) >= 11 is 0. The van der Waals surface area contributed by atoms with Crippen molar-refractivity contribution in [3.8, 4) is 28.4 Å². The molecule has 5 rings (SSSR count). The Kier molecular flexibility index (Phi) is 10.1. The number of hydrogen-bond acceptors (Lipinski definition) is 9. The number of rotatable bonds is 10. The van der Waals surface area contributed by atoms with E-state index >= 15 is 0 Å². The quantitative estimate of drug-likeness (QED) is 0.328. The highest BCUT2D eigenvalue weighted by atomic mass is 16.5. The second-order valence-corrected chi connectivity index (χ2v) is 11.2. The summed E-state index contributed by atoms with van der Waals surface area (Å²) in [5.41, 5.74) is 3.45. The first kappa shape index (κ1) is 31.6. The summed E-state index contributed by atoms with van der Waals surface area (Å²) in [5.74, 6) is 2.36. The number of nitrogens with one attached hydrogen (secondary N) is 2. The smallest absolute Gasteiger partial charge is 0.222 e. The van der Waals surface area contributed by atoms with Crippen molar-refractivity contribution in [3.63, 3.8) is 0 Å². The molecule has 2 heterocycles. The fourth-order valence-electron chi connectivity index (χ4n) is 6.20. The summed E-state index contributed by atoms with van der Waals surface area (Å²) in [6.45, 7) is 4.74. The van der Waals surface area contributed by atoms with E-state index in [-0.39, 0.29) is 23.3 Å². The molecule has 238 valence electrons. The van der Waals surface area contributed by atoms with Crippen LogP contribution >= 0.6 is 0 Å². The standard InChI is InChI=1S/C34H41N5O6/c1-22(40)37-26-12-10-23-20-29(43-2)33(44-3)34(45-4)32(23)24-11-13-27(28(41)21-25(24)26)35-15-7-9-31(42)39-18-16-38(17-19-39)30-8-5-6-14-36-30/h5-6,8,11,13-14,20-21,26H,7,9-10,12,15-19H2,1-4H3,(H,35,41)(H,37,40)/t26-/m0/s1. The number of carbonyl (C=O) groups excluding carboxylic acids is 2.